The Hall–Kier alpha value is -0.970. The van der Waals surface area contributed by atoms with Crippen molar-refractivity contribution in [3.05, 3.63) is 22.2 Å². The maximum Gasteiger partial charge on any atom is 0.180 e. The maximum absolute atomic E-state index is 6.40. The van der Waals surface area contributed by atoms with Gasteiger partial charge in [-0.2, -0.15) is 0 Å². The number of hydrogen-bond acceptors (Lipinski definition) is 4. The molecule has 2 heterocycles. The van der Waals surface area contributed by atoms with E-state index in [0.29, 0.717) is 24.0 Å². The van der Waals surface area contributed by atoms with E-state index in [1.54, 1.807) is 0 Å². The summed E-state index contributed by atoms with van der Waals surface area (Å²) in [5.74, 6) is 1.49. The first-order valence-corrected chi connectivity index (χ1v) is 7.14. The fraction of sp³-hybridized carbons (Fsp3) is 0.571. The molecule has 0 amide bonds. The Balaban J connectivity index is 1.86. The van der Waals surface area contributed by atoms with E-state index in [4.69, 9.17) is 21.1 Å². The minimum Gasteiger partial charge on any atom is -0.486 e. The summed E-state index contributed by atoms with van der Waals surface area (Å²) in [7, 11) is 0. The Kier molecular flexibility index (Phi) is 3.82. The molecular weight excluding hydrogens is 264 g/mol. The van der Waals surface area contributed by atoms with E-state index in [2.05, 4.69) is 23.2 Å². The summed E-state index contributed by atoms with van der Waals surface area (Å²) >= 11 is 6.40. The van der Waals surface area contributed by atoms with Gasteiger partial charge >= 0.3 is 0 Å². The quantitative estimate of drug-likeness (QED) is 0.897. The second-order valence-electron chi connectivity index (χ2n) is 5.03. The van der Waals surface area contributed by atoms with Crippen molar-refractivity contribution in [2.45, 2.75) is 13.5 Å². The van der Waals surface area contributed by atoms with Crippen molar-refractivity contribution >= 4 is 11.6 Å². The van der Waals surface area contributed by atoms with Crippen molar-refractivity contribution < 1.29 is 9.47 Å². The fourth-order valence-corrected chi connectivity index (χ4v) is 2.83. The topological polar surface area (TPSA) is 33.7 Å². The first-order valence-electron chi connectivity index (χ1n) is 6.76. The Bertz CT molecular complexity index is 473. The van der Waals surface area contributed by atoms with Gasteiger partial charge in [-0.3, -0.25) is 4.90 Å². The first kappa shape index (κ1) is 13.0. The molecule has 104 valence electrons. The van der Waals surface area contributed by atoms with Crippen LogP contribution in [0.4, 0.5) is 0 Å². The molecular formula is C14H19ClN2O2. The number of nitrogens with one attached hydrogen (secondary N) is 1. The van der Waals surface area contributed by atoms with Gasteiger partial charge in [-0.1, -0.05) is 11.6 Å². The van der Waals surface area contributed by atoms with Crippen molar-refractivity contribution in [3.63, 3.8) is 0 Å². The van der Waals surface area contributed by atoms with Crippen molar-refractivity contribution in [1.29, 1.82) is 0 Å². The van der Waals surface area contributed by atoms with Gasteiger partial charge in [0.25, 0.3) is 0 Å². The molecule has 0 saturated carbocycles. The van der Waals surface area contributed by atoms with E-state index in [1.807, 2.05) is 0 Å². The van der Waals surface area contributed by atoms with Gasteiger partial charge in [-0.15, -0.1) is 0 Å². The largest absolute Gasteiger partial charge is 0.486 e. The zero-order chi connectivity index (χ0) is 13.2. The van der Waals surface area contributed by atoms with Crippen LogP contribution in [-0.4, -0.2) is 44.3 Å². The molecule has 4 nitrogen and oxygen atoms in total. The summed E-state index contributed by atoms with van der Waals surface area (Å²) in [6, 6.07) is 2.08. The second kappa shape index (κ2) is 5.57. The van der Waals surface area contributed by atoms with E-state index in [0.717, 1.165) is 44.0 Å². The molecule has 1 fully saturated rings. The summed E-state index contributed by atoms with van der Waals surface area (Å²) in [6.07, 6.45) is 0. The lowest BCUT2D eigenvalue weighted by Gasteiger charge is -2.29. The van der Waals surface area contributed by atoms with Crippen molar-refractivity contribution in [2.75, 3.05) is 39.4 Å². The molecule has 3 rings (SSSR count). The van der Waals surface area contributed by atoms with Gasteiger partial charge in [0, 0.05) is 32.7 Å². The molecule has 0 aromatic heterocycles. The average molecular weight is 283 g/mol. The van der Waals surface area contributed by atoms with Crippen LogP contribution in [0.15, 0.2) is 6.07 Å². The fourth-order valence-electron chi connectivity index (χ4n) is 2.56. The molecule has 2 aliphatic heterocycles. The standard InChI is InChI=1S/C14H19ClN2O2/c1-10-11(9-17-4-2-16-3-5-17)8-12-14(13(10)15)19-7-6-18-12/h8,16H,2-7,9H2,1H3. The van der Waals surface area contributed by atoms with E-state index in [1.165, 1.54) is 5.56 Å². The number of ether oxygens (including phenoxy) is 2. The summed E-state index contributed by atoms with van der Waals surface area (Å²) in [5, 5.41) is 4.06. The SMILES string of the molecule is Cc1c(CN2CCNCC2)cc2c(c1Cl)OCCO2. The van der Waals surface area contributed by atoms with Gasteiger partial charge in [0.1, 0.15) is 13.2 Å². The lowest BCUT2D eigenvalue weighted by Crippen LogP contribution is -2.43. The molecule has 0 unspecified atom stereocenters. The zero-order valence-electron chi connectivity index (χ0n) is 11.2. The zero-order valence-corrected chi connectivity index (χ0v) is 11.9. The summed E-state index contributed by atoms with van der Waals surface area (Å²) in [5.41, 5.74) is 2.33. The molecule has 19 heavy (non-hydrogen) atoms. The molecule has 1 aromatic carbocycles. The van der Waals surface area contributed by atoms with Gasteiger partial charge in [0.2, 0.25) is 0 Å². The third-order valence-corrected chi connectivity index (χ3v) is 4.19. The van der Waals surface area contributed by atoms with Gasteiger partial charge in [-0.05, 0) is 24.1 Å². The molecule has 0 atom stereocenters. The number of benzene rings is 1. The number of rotatable bonds is 2. The molecule has 1 aromatic rings. The first-order chi connectivity index (χ1) is 9.25. The van der Waals surface area contributed by atoms with Crippen LogP contribution >= 0.6 is 11.6 Å². The number of halogens is 1. The Morgan fingerprint density at radius 1 is 1.26 bits per heavy atom. The number of piperazine rings is 1. The van der Waals surface area contributed by atoms with Gasteiger partial charge in [-0.25, -0.2) is 0 Å². The summed E-state index contributed by atoms with van der Waals surface area (Å²) < 4.78 is 11.2. The van der Waals surface area contributed by atoms with Crippen LogP contribution in [0.3, 0.4) is 0 Å². The third kappa shape index (κ3) is 2.66. The minimum atomic E-state index is 0.573. The van der Waals surface area contributed by atoms with Gasteiger partial charge in [0.15, 0.2) is 11.5 Å². The minimum absolute atomic E-state index is 0.573. The highest BCUT2D eigenvalue weighted by Crippen LogP contribution is 2.41. The highest BCUT2D eigenvalue weighted by Gasteiger charge is 2.21. The summed E-state index contributed by atoms with van der Waals surface area (Å²) in [4.78, 5) is 2.44. The molecule has 0 aliphatic carbocycles. The molecule has 2 aliphatic rings. The highest BCUT2D eigenvalue weighted by molar-refractivity contribution is 6.33. The van der Waals surface area contributed by atoms with Crippen LogP contribution in [0, 0.1) is 6.92 Å². The van der Waals surface area contributed by atoms with Crippen LogP contribution in [-0.2, 0) is 6.54 Å². The van der Waals surface area contributed by atoms with Crippen LogP contribution in [0.1, 0.15) is 11.1 Å². The molecule has 0 radical (unpaired) electrons. The van der Waals surface area contributed by atoms with Crippen molar-refractivity contribution in [3.8, 4) is 11.5 Å². The lowest BCUT2D eigenvalue weighted by atomic mass is 10.1. The lowest BCUT2D eigenvalue weighted by molar-refractivity contribution is 0.170. The van der Waals surface area contributed by atoms with E-state index >= 15 is 0 Å². The molecule has 1 N–H and O–H groups in total. The van der Waals surface area contributed by atoms with Crippen molar-refractivity contribution in [2.24, 2.45) is 0 Å². The van der Waals surface area contributed by atoms with Crippen LogP contribution in [0.2, 0.25) is 5.02 Å². The van der Waals surface area contributed by atoms with E-state index in [-0.39, 0.29) is 0 Å². The summed E-state index contributed by atoms with van der Waals surface area (Å²) in [6.45, 7) is 8.40. The Morgan fingerprint density at radius 2 is 2.00 bits per heavy atom. The monoisotopic (exact) mass is 282 g/mol. The predicted molar refractivity (Wildman–Crippen MR) is 75.3 cm³/mol. The predicted octanol–water partition coefficient (Wildman–Crippen LogP) is 1.82. The number of nitrogens with zero attached hydrogens (tertiary/aromatic N) is 1. The van der Waals surface area contributed by atoms with Crippen LogP contribution < -0.4 is 14.8 Å². The molecule has 0 spiro atoms. The van der Waals surface area contributed by atoms with E-state index < -0.39 is 0 Å². The average Bonchev–Trinajstić information content (AvgIpc) is 2.46. The Labute approximate surface area is 118 Å². The highest BCUT2D eigenvalue weighted by atomic mass is 35.5. The van der Waals surface area contributed by atoms with Gasteiger partial charge in [0.05, 0.1) is 5.02 Å². The normalized spacial score (nSPS) is 19.5. The molecule has 5 heteroatoms. The maximum atomic E-state index is 6.40. The van der Waals surface area contributed by atoms with E-state index in [9.17, 15) is 0 Å². The number of hydrogen-bond donors (Lipinski definition) is 1. The Morgan fingerprint density at radius 3 is 2.79 bits per heavy atom. The number of fused-ring (bicyclic) bond motifs is 1. The molecule has 1 saturated heterocycles. The van der Waals surface area contributed by atoms with Crippen LogP contribution in [0.25, 0.3) is 0 Å². The van der Waals surface area contributed by atoms with Gasteiger partial charge < -0.3 is 14.8 Å². The second-order valence-corrected chi connectivity index (χ2v) is 5.40. The van der Waals surface area contributed by atoms with Crippen molar-refractivity contribution in [1.82, 2.24) is 10.2 Å². The third-order valence-electron chi connectivity index (χ3n) is 3.73. The van der Waals surface area contributed by atoms with Crippen LogP contribution in [0.5, 0.6) is 11.5 Å². The molecule has 0 bridgehead atoms. The smallest absolute Gasteiger partial charge is 0.180 e.